The summed E-state index contributed by atoms with van der Waals surface area (Å²) in [7, 11) is 0. The lowest BCUT2D eigenvalue weighted by molar-refractivity contribution is 0.254. The first kappa shape index (κ1) is 46.0. The number of hydrogen-bond donors (Lipinski definition) is 0. The Morgan fingerprint density at radius 3 is 0.674 bits per heavy atom. The predicted molar refractivity (Wildman–Crippen MR) is 213 cm³/mol. The summed E-state index contributed by atoms with van der Waals surface area (Å²) in [5.74, 6) is 1.78. The van der Waals surface area contributed by atoms with E-state index in [1.807, 2.05) is 0 Å². The molecule has 0 heterocycles. The molecule has 0 saturated carbocycles. The van der Waals surface area contributed by atoms with Crippen LogP contribution in [-0.2, 0) is 0 Å². The molecule has 0 aromatic rings. The van der Waals surface area contributed by atoms with Gasteiger partial charge in [-0.15, -0.1) is 0 Å². The SMILES string of the molecule is CCCCCCCCCCCCCN(CCCCCCCCCCCCCC(C)C)CCCCCCCCCCCCCC(C)C. The van der Waals surface area contributed by atoms with Gasteiger partial charge in [0.15, 0.2) is 0 Å². The van der Waals surface area contributed by atoms with Gasteiger partial charge in [0, 0.05) is 0 Å². The van der Waals surface area contributed by atoms with Gasteiger partial charge in [0.25, 0.3) is 0 Å². The predicted octanol–water partition coefficient (Wildman–Crippen LogP) is 16.3. The monoisotopic (exact) mass is 648 g/mol. The van der Waals surface area contributed by atoms with Gasteiger partial charge in [-0.25, -0.2) is 0 Å². The van der Waals surface area contributed by atoms with Gasteiger partial charge in [-0.1, -0.05) is 240 Å². The molecule has 0 aliphatic heterocycles. The molecule has 0 spiro atoms. The van der Waals surface area contributed by atoms with E-state index in [-0.39, 0.29) is 0 Å². The van der Waals surface area contributed by atoms with E-state index in [2.05, 4.69) is 39.5 Å². The normalized spacial score (nSPS) is 12.0. The highest BCUT2D eigenvalue weighted by molar-refractivity contribution is 4.61. The number of hydrogen-bond acceptors (Lipinski definition) is 1. The van der Waals surface area contributed by atoms with Crippen LogP contribution in [0.2, 0.25) is 0 Å². The summed E-state index contributed by atoms with van der Waals surface area (Å²) in [5, 5.41) is 0. The average Bonchev–Trinajstić information content (AvgIpc) is 3.03. The van der Waals surface area contributed by atoms with Crippen molar-refractivity contribution in [1.29, 1.82) is 0 Å². The zero-order valence-corrected chi connectivity index (χ0v) is 33.5. The molecule has 0 saturated heterocycles. The Morgan fingerprint density at radius 1 is 0.261 bits per heavy atom. The van der Waals surface area contributed by atoms with Crippen LogP contribution < -0.4 is 0 Å². The smallest absolute Gasteiger partial charge is 0.00187 e. The third-order valence-electron chi connectivity index (χ3n) is 10.6. The van der Waals surface area contributed by atoms with Gasteiger partial charge in [-0.3, -0.25) is 0 Å². The fraction of sp³-hybridized carbons (Fsp3) is 1.00. The van der Waals surface area contributed by atoms with Crippen LogP contribution in [0, 0.1) is 11.8 Å². The summed E-state index contributed by atoms with van der Waals surface area (Å²) in [5.41, 5.74) is 0. The number of nitrogens with zero attached hydrogens (tertiary/aromatic N) is 1. The van der Waals surface area contributed by atoms with Crippen LogP contribution in [-0.4, -0.2) is 24.5 Å². The van der Waals surface area contributed by atoms with Gasteiger partial charge in [0.1, 0.15) is 0 Å². The van der Waals surface area contributed by atoms with Gasteiger partial charge in [-0.2, -0.15) is 0 Å². The Bertz CT molecular complexity index is 491. The zero-order chi connectivity index (χ0) is 33.6. The summed E-state index contributed by atoms with van der Waals surface area (Å²) >= 11 is 0. The van der Waals surface area contributed by atoms with E-state index in [1.54, 1.807) is 0 Å². The third kappa shape index (κ3) is 40.1. The molecule has 0 radical (unpaired) electrons. The Labute approximate surface area is 295 Å². The van der Waals surface area contributed by atoms with Gasteiger partial charge >= 0.3 is 0 Å². The van der Waals surface area contributed by atoms with Crippen LogP contribution in [0.15, 0.2) is 0 Å². The first-order chi connectivity index (χ1) is 22.6. The minimum Gasteiger partial charge on any atom is -0.303 e. The standard InChI is InChI=1S/C45H93N/c1-6-7-8-9-10-11-16-21-26-31-36-41-46(42-37-32-27-22-17-12-14-19-24-29-34-39-44(2)3)43-38-33-28-23-18-13-15-20-25-30-35-40-45(4)5/h44-45H,6-43H2,1-5H3. The maximum absolute atomic E-state index is 2.87. The van der Waals surface area contributed by atoms with E-state index in [4.69, 9.17) is 0 Å². The molecule has 0 atom stereocenters. The molecule has 0 bridgehead atoms. The largest absolute Gasteiger partial charge is 0.303 e. The molecule has 278 valence electrons. The van der Waals surface area contributed by atoms with Crippen molar-refractivity contribution in [2.45, 2.75) is 259 Å². The summed E-state index contributed by atoms with van der Waals surface area (Å²) in [6.07, 6.45) is 51.2. The van der Waals surface area contributed by atoms with Gasteiger partial charge in [0.05, 0.1) is 0 Å². The fourth-order valence-corrected chi connectivity index (χ4v) is 7.29. The van der Waals surface area contributed by atoms with Crippen LogP contribution in [0.5, 0.6) is 0 Å². The lowest BCUT2D eigenvalue weighted by Gasteiger charge is -2.22. The van der Waals surface area contributed by atoms with Crippen molar-refractivity contribution in [3.8, 4) is 0 Å². The molecular formula is C45H93N. The zero-order valence-electron chi connectivity index (χ0n) is 33.5. The average molecular weight is 648 g/mol. The van der Waals surface area contributed by atoms with Crippen molar-refractivity contribution in [1.82, 2.24) is 4.90 Å². The maximum Gasteiger partial charge on any atom is -0.00187 e. The van der Waals surface area contributed by atoms with E-state index >= 15 is 0 Å². The van der Waals surface area contributed by atoms with Crippen molar-refractivity contribution in [3.05, 3.63) is 0 Å². The quantitative estimate of drug-likeness (QED) is 0.0598. The summed E-state index contributed by atoms with van der Waals surface area (Å²) < 4.78 is 0. The van der Waals surface area contributed by atoms with Crippen molar-refractivity contribution < 1.29 is 0 Å². The molecule has 1 nitrogen and oxygen atoms in total. The Morgan fingerprint density at radius 2 is 0.457 bits per heavy atom. The minimum atomic E-state index is 0.889. The minimum absolute atomic E-state index is 0.889. The first-order valence-electron chi connectivity index (χ1n) is 22.3. The molecule has 0 aliphatic rings. The summed E-state index contributed by atoms with van der Waals surface area (Å²) in [6.45, 7) is 15.9. The van der Waals surface area contributed by atoms with Crippen LogP contribution >= 0.6 is 0 Å². The highest BCUT2D eigenvalue weighted by atomic mass is 15.1. The molecule has 46 heavy (non-hydrogen) atoms. The fourth-order valence-electron chi connectivity index (χ4n) is 7.29. The molecule has 0 aromatic carbocycles. The van der Waals surface area contributed by atoms with Crippen molar-refractivity contribution in [2.75, 3.05) is 19.6 Å². The molecule has 0 unspecified atom stereocenters. The van der Waals surface area contributed by atoms with Crippen molar-refractivity contribution in [2.24, 2.45) is 11.8 Å². The molecule has 0 fully saturated rings. The van der Waals surface area contributed by atoms with Crippen LogP contribution in [0.25, 0.3) is 0 Å². The van der Waals surface area contributed by atoms with E-state index in [0.29, 0.717) is 0 Å². The van der Waals surface area contributed by atoms with Crippen LogP contribution in [0.3, 0.4) is 0 Å². The Kier molecular flexibility index (Phi) is 39.4. The molecular weight excluding hydrogens is 555 g/mol. The highest BCUT2D eigenvalue weighted by Crippen LogP contribution is 2.17. The van der Waals surface area contributed by atoms with E-state index < -0.39 is 0 Å². The van der Waals surface area contributed by atoms with Crippen molar-refractivity contribution in [3.63, 3.8) is 0 Å². The molecule has 0 aromatic heterocycles. The third-order valence-corrected chi connectivity index (χ3v) is 10.6. The van der Waals surface area contributed by atoms with E-state index in [9.17, 15) is 0 Å². The lowest BCUT2D eigenvalue weighted by atomic mass is 10.0. The number of unbranched alkanes of at least 4 members (excludes halogenated alkanes) is 30. The van der Waals surface area contributed by atoms with Crippen LogP contribution in [0.4, 0.5) is 0 Å². The first-order valence-corrected chi connectivity index (χ1v) is 22.3. The molecule has 0 N–H and O–H groups in total. The highest BCUT2D eigenvalue weighted by Gasteiger charge is 2.06. The maximum atomic E-state index is 2.87. The van der Waals surface area contributed by atoms with E-state index in [1.165, 1.54) is 244 Å². The van der Waals surface area contributed by atoms with Crippen LogP contribution in [0.1, 0.15) is 259 Å². The second kappa shape index (κ2) is 39.4. The van der Waals surface area contributed by atoms with Gasteiger partial charge in [0.2, 0.25) is 0 Å². The molecule has 0 aliphatic carbocycles. The molecule has 1 heteroatoms. The van der Waals surface area contributed by atoms with Crippen molar-refractivity contribution >= 4 is 0 Å². The van der Waals surface area contributed by atoms with E-state index in [0.717, 1.165) is 11.8 Å². The van der Waals surface area contributed by atoms with Gasteiger partial charge < -0.3 is 4.90 Å². The Balaban J connectivity index is 3.92. The van der Waals surface area contributed by atoms with Gasteiger partial charge in [-0.05, 0) is 50.7 Å². The molecule has 0 rings (SSSR count). The second-order valence-corrected chi connectivity index (χ2v) is 16.5. The lowest BCUT2D eigenvalue weighted by Crippen LogP contribution is -2.27. The summed E-state index contributed by atoms with van der Waals surface area (Å²) in [4.78, 5) is 2.87. The number of rotatable bonds is 40. The molecule has 0 amide bonds. The topological polar surface area (TPSA) is 3.24 Å². The Hall–Kier alpha value is -0.0400. The summed E-state index contributed by atoms with van der Waals surface area (Å²) in [6, 6.07) is 0. The second-order valence-electron chi connectivity index (χ2n) is 16.5.